The van der Waals surface area contributed by atoms with Crippen LogP contribution in [0.5, 0.6) is 5.75 Å². The normalized spacial score (nSPS) is 10.0. The summed E-state index contributed by atoms with van der Waals surface area (Å²) in [5, 5.41) is 7.52. The minimum atomic E-state index is -0.212. The fraction of sp³-hybridized carbons (Fsp3) is 0.176. The molecular formula is C17H14N4O2S. The van der Waals surface area contributed by atoms with Crippen molar-refractivity contribution < 1.29 is 9.53 Å². The third-order valence-corrected chi connectivity index (χ3v) is 4.04. The summed E-state index contributed by atoms with van der Waals surface area (Å²) in [6.07, 6.45) is 1.73. The lowest BCUT2D eigenvalue weighted by Gasteiger charge is -2.05. The van der Waals surface area contributed by atoms with E-state index in [1.165, 1.54) is 0 Å². The number of aryl methyl sites for hydroxylation is 1. The summed E-state index contributed by atoms with van der Waals surface area (Å²) in [6, 6.07) is 9.62. The van der Waals surface area contributed by atoms with Crippen molar-refractivity contribution in [3.8, 4) is 17.6 Å². The van der Waals surface area contributed by atoms with Gasteiger partial charge in [-0.2, -0.15) is 0 Å². The maximum Gasteiger partial charge on any atom is 0.265 e. The molecule has 0 aliphatic rings. The topological polar surface area (TPSA) is 77.0 Å². The molecule has 0 radical (unpaired) electrons. The summed E-state index contributed by atoms with van der Waals surface area (Å²) in [7, 11) is 0. The van der Waals surface area contributed by atoms with Gasteiger partial charge in [0.2, 0.25) is 0 Å². The van der Waals surface area contributed by atoms with Crippen LogP contribution < -0.4 is 10.1 Å². The van der Waals surface area contributed by atoms with Crippen LogP contribution in [0, 0.1) is 18.8 Å². The molecule has 1 N–H and O–H groups in total. The minimum absolute atomic E-state index is 0.212. The highest BCUT2D eigenvalue weighted by molar-refractivity contribution is 7.08. The van der Waals surface area contributed by atoms with Gasteiger partial charge < -0.3 is 10.1 Å². The van der Waals surface area contributed by atoms with Gasteiger partial charge in [0, 0.05) is 11.6 Å². The highest BCUT2D eigenvalue weighted by Gasteiger charge is 2.11. The van der Waals surface area contributed by atoms with E-state index >= 15 is 0 Å². The van der Waals surface area contributed by atoms with E-state index in [1.807, 2.05) is 30.3 Å². The zero-order valence-corrected chi connectivity index (χ0v) is 13.8. The Morgan fingerprint density at radius 3 is 3.00 bits per heavy atom. The third kappa shape index (κ3) is 3.67. The second kappa shape index (κ2) is 7.53. The molecule has 0 saturated carbocycles. The van der Waals surface area contributed by atoms with Crippen LogP contribution in [0.2, 0.25) is 0 Å². The first-order chi connectivity index (χ1) is 11.8. The summed E-state index contributed by atoms with van der Waals surface area (Å²) in [5.74, 6) is 6.20. The van der Waals surface area contributed by atoms with Gasteiger partial charge in [-0.05, 0) is 30.6 Å². The number of para-hydroxylation sites is 1. The number of hydrogen-bond acceptors (Lipinski definition) is 6. The standard InChI is InChI=1S/C17H14N4O2S/c1-12-16(24-21-20-12)17(22)19-9-2-3-11-23-14-8-4-6-13-7-5-10-18-15(13)14/h4-8,10H,9,11H2,1H3,(H,19,22). The van der Waals surface area contributed by atoms with Gasteiger partial charge in [-0.15, -0.1) is 5.10 Å². The number of nitrogens with one attached hydrogen (secondary N) is 1. The number of rotatable bonds is 4. The van der Waals surface area contributed by atoms with Crippen molar-refractivity contribution in [3.05, 3.63) is 47.1 Å². The predicted octanol–water partition coefficient (Wildman–Crippen LogP) is 2.21. The minimum Gasteiger partial charge on any atom is -0.479 e. The number of ether oxygens (including phenoxy) is 1. The number of aromatic nitrogens is 3. The smallest absolute Gasteiger partial charge is 0.265 e. The molecule has 0 aliphatic carbocycles. The Kier molecular flexibility index (Phi) is 4.99. The molecule has 1 amide bonds. The zero-order valence-electron chi connectivity index (χ0n) is 12.9. The Morgan fingerprint density at radius 2 is 2.17 bits per heavy atom. The molecule has 1 aromatic carbocycles. The number of carbonyl (C=O) groups is 1. The van der Waals surface area contributed by atoms with Crippen molar-refractivity contribution in [2.45, 2.75) is 6.92 Å². The maximum absolute atomic E-state index is 11.8. The summed E-state index contributed by atoms with van der Waals surface area (Å²) < 4.78 is 9.38. The van der Waals surface area contributed by atoms with E-state index in [4.69, 9.17) is 4.74 Å². The lowest BCUT2D eigenvalue weighted by molar-refractivity contribution is 0.0962. The Hall–Kier alpha value is -2.98. The van der Waals surface area contributed by atoms with Crippen LogP contribution in [-0.2, 0) is 0 Å². The first-order valence-corrected chi connectivity index (χ1v) is 8.02. The van der Waals surface area contributed by atoms with E-state index in [0.29, 0.717) is 16.3 Å². The molecule has 2 heterocycles. The van der Waals surface area contributed by atoms with Crippen molar-refractivity contribution >= 4 is 28.3 Å². The Balaban J connectivity index is 1.51. The molecule has 0 spiro atoms. The van der Waals surface area contributed by atoms with E-state index in [2.05, 4.69) is 31.7 Å². The average Bonchev–Trinajstić information content (AvgIpc) is 3.04. The summed E-state index contributed by atoms with van der Waals surface area (Å²) in [6.45, 7) is 2.22. The van der Waals surface area contributed by atoms with E-state index in [0.717, 1.165) is 22.4 Å². The van der Waals surface area contributed by atoms with Gasteiger partial charge in [-0.3, -0.25) is 9.78 Å². The molecule has 120 valence electrons. The fourth-order valence-electron chi connectivity index (χ4n) is 2.06. The quantitative estimate of drug-likeness (QED) is 0.738. The summed E-state index contributed by atoms with van der Waals surface area (Å²) in [4.78, 5) is 16.7. The third-order valence-electron chi connectivity index (χ3n) is 3.22. The van der Waals surface area contributed by atoms with Gasteiger partial charge in [0.15, 0.2) is 0 Å². The number of pyridine rings is 1. The van der Waals surface area contributed by atoms with Crippen LogP contribution in [0.15, 0.2) is 36.5 Å². The number of benzene rings is 1. The van der Waals surface area contributed by atoms with Crippen molar-refractivity contribution in [2.24, 2.45) is 0 Å². The van der Waals surface area contributed by atoms with Crippen LogP contribution >= 0.6 is 11.5 Å². The summed E-state index contributed by atoms with van der Waals surface area (Å²) in [5.41, 5.74) is 1.43. The van der Waals surface area contributed by atoms with Crippen LogP contribution in [0.3, 0.4) is 0 Å². The molecule has 7 heteroatoms. The predicted molar refractivity (Wildman–Crippen MR) is 92.0 cm³/mol. The number of nitrogens with zero attached hydrogens (tertiary/aromatic N) is 3. The van der Waals surface area contributed by atoms with Gasteiger partial charge in [0.05, 0.1) is 12.2 Å². The van der Waals surface area contributed by atoms with Gasteiger partial charge in [0.1, 0.15) is 22.8 Å². The number of carbonyl (C=O) groups excluding carboxylic acids is 1. The fourth-order valence-corrected chi connectivity index (χ4v) is 2.64. The molecule has 6 nitrogen and oxygen atoms in total. The van der Waals surface area contributed by atoms with E-state index in [1.54, 1.807) is 13.1 Å². The maximum atomic E-state index is 11.8. The molecule has 3 rings (SSSR count). The van der Waals surface area contributed by atoms with Crippen molar-refractivity contribution in [1.82, 2.24) is 19.9 Å². The highest BCUT2D eigenvalue weighted by Crippen LogP contribution is 2.22. The van der Waals surface area contributed by atoms with Crippen LogP contribution in [0.1, 0.15) is 15.4 Å². The molecule has 0 saturated heterocycles. The summed E-state index contributed by atoms with van der Waals surface area (Å²) >= 11 is 1.07. The molecule has 0 bridgehead atoms. The van der Waals surface area contributed by atoms with Crippen LogP contribution in [-0.4, -0.2) is 33.6 Å². The monoisotopic (exact) mass is 338 g/mol. The largest absolute Gasteiger partial charge is 0.479 e. The molecule has 3 aromatic rings. The molecule has 24 heavy (non-hydrogen) atoms. The molecule has 0 fully saturated rings. The van der Waals surface area contributed by atoms with Crippen molar-refractivity contribution in [2.75, 3.05) is 13.2 Å². The zero-order chi connectivity index (χ0) is 16.8. The molecular weight excluding hydrogens is 324 g/mol. The van der Waals surface area contributed by atoms with Gasteiger partial charge >= 0.3 is 0 Å². The van der Waals surface area contributed by atoms with Gasteiger partial charge in [0.25, 0.3) is 5.91 Å². The first-order valence-electron chi connectivity index (χ1n) is 7.25. The second-order valence-electron chi connectivity index (χ2n) is 4.84. The average molecular weight is 338 g/mol. The lowest BCUT2D eigenvalue weighted by atomic mass is 10.2. The van der Waals surface area contributed by atoms with Gasteiger partial charge in [-0.1, -0.05) is 34.5 Å². The molecule has 0 aliphatic heterocycles. The van der Waals surface area contributed by atoms with E-state index in [-0.39, 0.29) is 19.1 Å². The SMILES string of the molecule is Cc1nnsc1C(=O)NCC#CCOc1cccc2cccnc12. The first kappa shape index (κ1) is 15.9. The van der Waals surface area contributed by atoms with E-state index in [9.17, 15) is 4.79 Å². The van der Waals surface area contributed by atoms with Crippen LogP contribution in [0.25, 0.3) is 10.9 Å². The van der Waals surface area contributed by atoms with Gasteiger partial charge in [-0.25, -0.2) is 0 Å². The van der Waals surface area contributed by atoms with Crippen molar-refractivity contribution in [1.29, 1.82) is 0 Å². The van der Waals surface area contributed by atoms with Crippen LogP contribution in [0.4, 0.5) is 0 Å². The lowest BCUT2D eigenvalue weighted by Crippen LogP contribution is -2.23. The number of fused-ring (bicyclic) bond motifs is 1. The van der Waals surface area contributed by atoms with E-state index < -0.39 is 0 Å². The number of hydrogen-bond donors (Lipinski definition) is 1. The number of amides is 1. The Bertz CT molecular complexity index is 921. The molecule has 0 atom stereocenters. The van der Waals surface area contributed by atoms with Crippen molar-refractivity contribution in [3.63, 3.8) is 0 Å². The Labute approximate surface area is 143 Å². The molecule has 0 unspecified atom stereocenters. The highest BCUT2D eigenvalue weighted by atomic mass is 32.1. The Morgan fingerprint density at radius 1 is 1.29 bits per heavy atom. The molecule has 2 aromatic heterocycles. The second-order valence-corrected chi connectivity index (χ2v) is 5.60.